The molecular formula is C12H19ClO3S. The molecule has 0 heterocycles. The zero-order valence-electron chi connectivity index (χ0n) is 10.2. The Kier molecular flexibility index (Phi) is 8.21. The first kappa shape index (κ1) is 16.4. The lowest BCUT2D eigenvalue weighted by Crippen LogP contribution is -1.99. The Bertz CT molecular complexity index is 412. The lowest BCUT2D eigenvalue weighted by molar-refractivity contribution is 0.482. The van der Waals surface area contributed by atoms with Gasteiger partial charge < -0.3 is 0 Å². The number of hydrogen-bond donors (Lipinski definition) is 1. The van der Waals surface area contributed by atoms with E-state index in [1.54, 1.807) is 25.1 Å². The maximum Gasteiger partial charge on any atom is 0.294 e. The maximum absolute atomic E-state index is 10.6. The van der Waals surface area contributed by atoms with Crippen molar-refractivity contribution >= 4 is 21.7 Å². The highest BCUT2D eigenvalue weighted by Gasteiger charge is 2.10. The van der Waals surface area contributed by atoms with Crippen LogP contribution in [-0.2, 0) is 10.1 Å². The van der Waals surface area contributed by atoms with Crippen molar-refractivity contribution < 1.29 is 13.0 Å². The van der Waals surface area contributed by atoms with E-state index in [0.717, 1.165) is 5.88 Å². The van der Waals surface area contributed by atoms with Gasteiger partial charge in [0.15, 0.2) is 0 Å². The van der Waals surface area contributed by atoms with Crippen LogP contribution in [0.15, 0.2) is 29.2 Å². The van der Waals surface area contributed by atoms with Gasteiger partial charge in [-0.05, 0) is 25.0 Å². The minimum absolute atomic E-state index is 0.0278. The third kappa shape index (κ3) is 7.36. The van der Waals surface area contributed by atoms with Gasteiger partial charge in [-0.25, -0.2) is 0 Å². The summed E-state index contributed by atoms with van der Waals surface area (Å²) in [5, 5.41) is 0. The quantitative estimate of drug-likeness (QED) is 0.519. The van der Waals surface area contributed by atoms with Gasteiger partial charge in [-0.2, -0.15) is 8.42 Å². The summed E-state index contributed by atoms with van der Waals surface area (Å²) in [7, 11) is -4.03. The fraction of sp³-hybridized carbons (Fsp3) is 0.500. The predicted molar refractivity (Wildman–Crippen MR) is 71.2 cm³/mol. The fourth-order valence-electron chi connectivity index (χ4n) is 1.19. The van der Waals surface area contributed by atoms with Gasteiger partial charge in [0, 0.05) is 5.88 Å². The second-order valence-corrected chi connectivity index (χ2v) is 5.40. The van der Waals surface area contributed by atoms with Crippen LogP contribution < -0.4 is 0 Å². The van der Waals surface area contributed by atoms with Crippen molar-refractivity contribution in [2.45, 2.75) is 38.0 Å². The van der Waals surface area contributed by atoms with Crippen LogP contribution in [0.1, 0.15) is 31.7 Å². The highest BCUT2D eigenvalue weighted by molar-refractivity contribution is 7.85. The number of alkyl halides is 1. The van der Waals surface area contributed by atoms with Crippen LogP contribution in [-0.4, -0.2) is 18.9 Å². The summed E-state index contributed by atoms with van der Waals surface area (Å²) in [6.45, 7) is 3.80. The summed E-state index contributed by atoms with van der Waals surface area (Å²) in [4.78, 5) is -0.0278. The average molecular weight is 279 g/mol. The first-order chi connectivity index (χ1) is 7.93. The molecule has 0 aromatic heterocycles. The Balaban J connectivity index is 0.000000366. The summed E-state index contributed by atoms with van der Waals surface area (Å²) in [6.07, 6.45) is 3.73. The van der Waals surface area contributed by atoms with E-state index < -0.39 is 10.1 Å². The molecule has 0 amide bonds. The van der Waals surface area contributed by atoms with E-state index >= 15 is 0 Å². The molecule has 0 atom stereocenters. The number of rotatable bonds is 4. The van der Waals surface area contributed by atoms with Gasteiger partial charge in [0.05, 0.1) is 4.90 Å². The molecule has 1 aromatic carbocycles. The average Bonchev–Trinajstić information content (AvgIpc) is 2.26. The largest absolute Gasteiger partial charge is 0.294 e. The van der Waals surface area contributed by atoms with Crippen molar-refractivity contribution in [3.63, 3.8) is 0 Å². The predicted octanol–water partition coefficient (Wildman–Crippen LogP) is 3.66. The zero-order chi connectivity index (χ0) is 13.3. The van der Waals surface area contributed by atoms with E-state index in [-0.39, 0.29) is 4.90 Å². The summed E-state index contributed by atoms with van der Waals surface area (Å²) in [6, 6.07) is 6.27. The van der Waals surface area contributed by atoms with Gasteiger partial charge in [0.1, 0.15) is 0 Å². The Morgan fingerprint density at radius 1 is 1.24 bits per heavy atom. The molecule has 0 aliphatic rings. The second kappa shape index (κ2) is 8.50. The van der Waals surface area contributed by atoms with Crippen LogP contribution in [0, 0.1) is 6.92 Å². The van der Waals surface area contributed by atoms with Crippen LogP contribution in [0.25, 0.3) is 0 Å². The van der Waals surface area contributed by atoms with E-state index in [4.69, 9.17) is 16.2 Å². The molecule has 0 aliphatic carbocycles. The molecule has 0 radical (unpaired) electrons. The smallest absolute Gasteiger partial charge is 0.282 e. The van der Waals surface area contributed by atoms with Gasteiger partial charge in [-0.1, -0.05) is 38.0 Å². The van der Waals surface area contributed by atoms with Crippen LogP contribution in [0.5, 0.6) is 0 Å². The van der Waals surface area contributed by atoms with Crippen molar-refractivity contribution in [2.24, 2.45) is 0 Å². The lowest BCUT2D eigenvalue weighted by Gasteiger charge is -1.99. The Labute approximate surface area is 109 Å². The van der Waals surface area contributed by atoms with Gasteiger partial charge in [0.2, 0.25) is 0 Å². The van der Waals surface area contributed by atoms with Crippen molar-refractivity contribution in [1.29, 1.82) is 0 Å². The fourth-order valence-corrected chi connectivity index (χ4v) is 2.10. The topological polar surface area (TPSA) is 54.4 Å². The minimum Gasteiger partial charge on any atom is -0.282 e. The van der Waals surface area contributed by atoms with Crippen LogP contribution >= 0.6 is 11.6 Å². The Hall–Kier alpha value is -0.580. The van der Waals surface area contributed by atoms with Gasteiger partial charge >= 0.3 is 0 Å². The van der Waals surface area contributed by atoms with Crippen molar-refractivity contribution in [3.05, 3.63) is 29.8 Å². The van der Waals surface area contributed by atoms with E-state index in [1.807, 2.05) is 0 Å². The maximum atomic E-state index is 10.6. The van der Waals surface area contributed by atoms with Crippen molar-refractivity contribution in [2.75, 3.05) is 5.88 Å². The van der Waals surface area contributed by atoms with E-state index in [2.05, 4.69) is 6.92 Å². The molecular weight excluding hydrogens is 260 g/mol. The van der Waals surface area contributed by atoms with E-state index in [0.29, 0.717) is 5.56 Å². The van der Waals surface area contributed by atoms with E-state index in [9.17, 15) is 8.42 Å². The summed E-state index contributed by atoms with van der Waals surface area (Å²) in [5.41, 5.74) is 0.551. The summed E-state index contributed by atoms with van der Waals surface area (Å²) in [5.74, 6) is 0.827. The van der Waals surface area contributed by atoms with Gasteiger partial charge in [0.25, 0.3) is 10.1 Å². The molecule has 0 spiro atoms. The van der Waals surface area contributed by atoms with Crippen LogP contribution in [0.3, 0.4) is 0 Å². The first-order valence-corrected chi connectivity index (χ1v) is 7.50. The Morgan fingerprint density at radius 3 is 2.12 bits per heavy atom. The highest BCUT2D eigenvalue weighted by atomic mass is 35.5. The SMILES string of the molecule is CCCCCCl.Cc1ccccc1S(=O)(=O)O. The molecule has 1 N–H and O–H groups in total. The molecule has 1 rings (SSSR count). The number of halogens is 1. The number of unbranched alkanes of at least 4 members (excludes halogenated alkanes) is 2. The number of aryl methyl sites for hydroxylation is 1. The van der Waals surface area contributed by atoms with Gasteiger partial charge in [-0.3, -0.25) is 4.55 Å². The summed E-state index contributed by atoms with van der Waals surface area (Å²) < 4.78 is 29.9. The lowest BCUT2D eigenvalue weighted by atomic mass is 10.2. The van der Waals surface area contributed by atoms with Gasteiger partial charge in [-0.15, -0.1) is 11.6 Å². The van der Waals surface area contributed by atoms with E-state index in [1.165, 1.54) is 25.3 Å². The van der Waals surface area contributed by atoms with Crippen LogP contribution in [0.4, 0.5) is 0 Å². The molecule has 0 saturated carbocycles. The molecule has 5 heteroatoms. The highest BCUT2D eigenvalue weighted by Crippen LogP contribution is 2.12. The molecule has 0 aliphatic heterocycles. The molecule has 98 valence electrons. The third-order valence-electron chi connectivity index (χ3n) is 2.11. The molecule has 17 heavy (non-hydrogen) atoms. The standard InChI is InChI=1S/C7H8O3S.C5H11Cl/c1-6-4-2-3-5-7(6)11(8,9)10;1-2-3-4-5-6/h2-5H,1H3,(H,8,9,10);2-5H2,1H3. The summed E-state index contributed by atoms with van der Waals surface area (Å²) >= 11 is 5.38. The molecule has 0 saturated heterocycles. The number of benzene rings is 1. The van der Waals surface area contributed by atoms with Crippen molar-refractivity contribution in [3.8, 4) is 0 Å². The molecule has 0 fully saturated rings. The monoisotopic (exact) mass is 278 g/mol. The second-order valence-electron chi connectivity index (χ2n) is 3.64. The molecule has 3 nitrogen and oxygen atoms in total. The number of hydrogen-bond acceptors (Lipinski definition) is 2. The first-order valence-electron chi connectivity index (χ1n) is 5.52. The molecule has 1 aromatic rings. The molecule has 0 unspecified atom stereocenters. The Morgan fingerprint density at radius 2 is 1.82 bits per heavy atom. The van der Waals surface area contributed by atoms with Crippen LogP contribution in [0.2, 0.25) is 0 Å². The van der Waals surface area contributed by atoms with Crippen molar-refractivity contribution in [1.82, 2.24) is 0 Å². The zero-order valence-corrected chi connectivity index (χ0v) is 11.8. The normalized spacial score (nSPS) is 10.6. The minimum atomic E-state index is -4.03. The third-order valence-corrected chi connectivity index (χ3v) is 3.39. The molecule has 0 bridgehead atoms.